The van der Waals surface area contributed by atoms with Gasteiger partial charge in [-0.25, -0.2) is 18.5 Å². The van der Waals surface area contributed by atoms with Crippen molar-refractivity contribution in [3.05, 3.63) is 32.6 Å². The monoisotopic (exact) mass is 649 g/mol. The van der Waals surface area contributed by atoms with Crippen LogP contribution in [0.5, 0.6) is 0 Å². The van der Waals surface area contributed by atoms with Crippen LogP contribution in [0, 0.1) is 11.8 Å². The highest BCUT2D eigenvalue weighted by molar-refractivity contribution is 7.66. The summed E-state index contributed by atoms with van der Waals surface area (Å²) >= 11 is 0. The van der Waals surface area contributed by atoms with E-state index < -0.39 is 59.8 Å². The van der Waals surface area contributed by atoms with Gasteiger partial charge in [0.1, 0.15) is 17.9 Å². The van der Waals surface area contributed by atoms with E-state index in [-0.39, 0.29) is 37.5 Å². The number of hydrogen-bond acceptors (Lipinski definition) is 12. The molecule has 22 heteroatoms. The average molecular weight is 649 g/mol. The first-order valence-electron chi connectivity index (χ1n) is 11.8. The second-order valence-electron chi connectivity index (χ2n) is 8.32. The number of aliphatic hydroxyl groups is 1. The van der Waals surface area contributed by atoms with Crippen molar-refractivity contribution in [2.45, 2.75) is 51.0 Å². The first kappa shape index (κ1) is 35.2. The topological polar surface area (TPSA) is 282 Å². The molecule has 1 aliphatic rings. The lowest BCUT2D eigenvalue weighted by molar-refractivity contribution is -0.121. The summed E-state index contributed by atoms with van der Waals surface area (Å²) in [7, 11) is -16.8. The van der Waals surface area contributed by atoms with Crippen molar-refractivity contribution in [1.29, 1.82) is 0 Å². The fourth-order valence-corrected chi connectivity index (χ4v) is 6.21. The molecule has 0 aromatic carbocycles. The van der Waals surface area contributed by atoms with Crippen LogP contribution in [-0.2, 0) is 41.1 Å². The number of H-pyrrole nitrogens is 1. The lowest BCUT2D eigenvalue weighted by Crippen LogP contribution is -2.34. The second-order valence-corrected chi connectivity index (χ2v) is 12.7. The van der Waals surface area contributed by atoms with E-state index in [2.05, 4.69) is 30.3 Å². The number of carbonyl (C=O) groups excluding carboxylic acids is 1. The van der Waals surface area contributed by atoms with Gasteiger partial charge in [0, 0.05) is 25.6 Å². The minimum Gasteiger partial charge on any atom is -0.390 e. The van der Waals surface area contributed by atoms with Crippen LogP contribution in [0.15, 0.2) is 15.8 Å². The Balaban J connectivity index is 1.98. The highest BCUT2D eigenvalue weighted by Gasteiger charge is 2.43. The van der Waals surface area contributed by atoms with Crippen LogP contribution in [0.4, 0.5) is 0 Å². The standard InChI is InChI=1S/C19H30N3O16P3/c1-2-3-8-34-9-6-16(24)20-7-4-5-13-11-22(19(26)21-18(13)25)17-10-14(23)15(36-17)12-35-40(30,31)38-41(32,33)37-39(27,28)29/h11,14-15,17,23H,2-3,6-10,12H2,1H3,(H,20,24)(H,30,31)(H,32,33)(H,21,25,26)(H2,27,28,29). The molecule has 2 rings (SSSR count). The summed E-state index contributed by atoms with van der Waals surface area (Å²) in [6.07, 6.45) is -1.30. The molecule has 0 radical (unpaired) electrons. The van der Waals surface area contributed by atoms with Gasteiger partial charge in [-0.15, -0.1) is 0 Å². The Kier molecular flexibility index (Phi) is 13.3. The number of nitrogens with one attached hydrogen (secondary N) is 2. The van der Waals surface area contributed by atoms with Gasteiger partial charge in [0.25, 0.3) is 5.56 Å². The molecular formula is C19H30N3O16P3. The maximum absolute atomic E-state index is 12.3. The fraction of sp³-hybridized carbons (Fsp3) is 0.632. The van der Waals surface area contributed by atoms with Crippen molar-refractivity contribution in [3.63, 3.8) is 0 Å². The van der Waals surface area contributed by atoms with Crippen molar-refractivity contribution >= 4 is 29.4 Å². The number of aromatic nitrogens is 2. The summed E-state index contributed by atoms with van der Waals surface area (Å²) in [5, 5.41) is 12.8. The molecule has 0 aliphatic carbocycles. The molecular weight excluding hydrogens is 619 g/mol. The largest absolute Gasteiger partial charge is 0.490 e. The molecule has 0 spiro atoms. The van der Waals surface area contributed by atoms with Crippen LogP contribution in [0.1, 0.15) is 44.4 Å². The van der Waals surface area contributed by atoms with Gasteiger partial charge < -0.3 is 39.5 Å². The summed E-state index contributed by atoms with van der Waals surface area (Å²) in [6.45, 7) is 1.76. The number of rotatable bonds is 15. The molecule has 41 heavy (non-hydrogen) atoms. The highest BCUT2D eigenvalue weighted by atomic mass is 31.3. The lowest BCUT2D eigenvalue weighted by atomic mass is 10.2. The molecule has 1 amide bonds. The Morgan fingerprint density at radius 1 is 1.17 bits per heavy atom. The second kappa shape index (κ2) is 15.5. The molecule has 1 aromatic rings. The third-order valence-electron chi connectivity index (χ3n) is 5.01. The molecule has 1 fully saturated rings. The van der Waals surface area contributed by atoms with Crippen molar-refractivity contribution in [2.24, 2.45) is 0 Å². The molecule has 1 saturated heterocycles. The maximum atomic E-state index is 12.3. The van der Waals surface area contributed by atoms with E-state index in [9.17, 15) is 43.0 Å². The number of phosphoric acid groups is 3. The Hall–Kier alpha value is -2.00. The number of unbranched alkanes of at least 4 members (excludes halogenated alkanes) is 1. The number of ether oxygens (including phenoxy) is 2. The zero-order chi connectivity index (χ0) is 30.8. The molecule has 232 valence electrons. The Labute approximate surface area is 232 Å². The van der Waals surface area contributed by atoms with Gasteiger partial charge in [-0.05, 0) is 6.42 Å². The van der Waals surface area contributed by atoms with E-state index in [1.165, 1.54) is 0 Å². The van der Waals surface area contributed by atoms with E-state index in [4.69, 9.17) is 19.3 Å². The quantitative estimate of drug-likeness (QED) is 0.0696. The first-order valence-corrected chi connectivity index (χ1v) is 16.3. The fourth-order valence-electron chi connectivity index (χ4n) is 3.18. The number of phosphoric ester groups is 1. The summed E-state index contributed by atoms with van der Waals surface area (Å²) in [5.41, 5.74) is -1.96. The molecule has 5 atom stereocenters. The molecule has 7 N–H and O–H groups in total. The number of aliphatic hydroxyl groups excluding tert-OH is 1. The van der Waals surface area contributed by atoms with Crippen molar-refractivity contribution in [3.8, 4) is 11.8 Å². The van der Waals surface area contributed by atoms with E-state index >= 15 is 0 Å². The summed E-state index contributed by atoms with van der Waals surface area (Å²) < 4.78 is 57.2. The predicted octanol–water partition coefficient (Wildman–Crippen LogP) is -0.797. The van der Waals surface area contributed by atoms with E-state index in [1.54, 1.807) is 0 Å². The molecule has 2 heterocycles. The van der Waals surface area contributed by atoms with Crippen LogP contribution in [0.25, 0.3) is 0 Å². The van der Waals surface area contributed by atoms with Gasteiger partial charge >= 0.3 is 29.2 Å². The number of aromatic amines is 1. The number of carbonyl (C=O) groups is 1. The van der Waals surface area contributed by atoms with Crippen molar-refractivity contribution in [2.75, 3.05) is 26.4 Å². The van der Waals surface area contributed by atoms with Crippen molar-refractivity contribution < 1.29 is 65.8 Å². The molecule has 19 nitrogen and oxygen atoms in total. The van der Waals surface area contributed by atoms with Gasteiger partial charge in [-0.2, -0.15) is 8.62 Å². The minimum atomic E-state index is -5.74. The van der Waals surface area contributed by atoms with Gasteiger partial charge in [-0.1, -0.05) is 25.2 Å². The first-order chi connectivity index (χ1) is 19.0. The molecule has 5 unspecified atom stereocenters. The van der Waals surface area contributed by atoms with Crippen LogP contribution >= 0.6 is 23.5 Å². The van der Waals surface area contributed by atoms with Crippen LogP contribution in [0.2, 0.25) is 0 Å². The summed E-state index contributed by atoms with van der Waals surface area (Å²) in [6, 6.07) is 0. The van der Waals surface area contributed by atoms with Gasteiger partial charge in [0.2, 0.25) is 5.91 Å². The molecule has 1 aromatic heterocycles. The lowest BCUT2D eigenvalue weighted by Gasteiger charge is -2.19. The highest BCUT2D eigenvalue weighted by Crippen LogP contribution is 2.66. The van der Waals surface area contributed by atoms with Gasteiger partial charge in [-0.3, -0.25) is 23.7 Å². The average Bonchev–Trinajstić information content (AvgIpc) is 3.19. The summed E-state index contributed by atoms with van der Waals surface area (Å²) in [4.78, 5) is 74.1. The number of hydrogen-bond donors (Lipinski definition) is 7. The van der Waals surface area contributed by atoms with Crippen LogP contribution in [0.3, 0.4) is 0 Å². The number of nitrogens with zero attached hydrogens (tertiary/aromatic N) is 1. The zero-order valence-corrected chi connectivity index (χ0v) is 24.2. The minimum absolute atomic E-state index is 0.103. The molecule has 0 saturated carbocycles. The predicted molar refractivity (Wildman–Crippen MR) is 136 cm³/mol. The number of amides is 1. The third kappa shape index (κ3) is 12.8. The van der Waals surface area contributed by atoms with Gasteiger partial charge in [0.05, 0.1) is 25.9 Å². The van der Waals surface area contributed by atoms with E-state index in [1.807, 2.05) is 11.9 Å². The third-order valence-corrected chi connectivity index (χ3v) is 8.82. The van der Waals surface area contributed by atoms with Crippen LogP contribution < -0.4 is 16.6 Å². The smallest absolute Gasteiger partial charge is 0.390 e. The maximum Gasteiger partial charge on any atom is 0.490 e. The summed E-state index contributed by atoms with van der Waals surface area (Å²) in [5.74, 6) is 4.75. The zero-order valence-electron chi connectivity index (χ0n) is 21.5. The van der Waals surface area contributed by atoms with Gasteiger partial charge in [0.15, 0.2) is 0 Å². The molecule has 0 bridgehead atoms. The van der Waals surface area contributed by atoms with Crippen molar-refractivity contribution in [1.82, 2.24) is 14.9 Å². The SMILES string of the molecule is CCCCOCCC(=O)NCC#Cc1cn(C2CC(O)C(COP(=O)(O)OP(=O)(O)OP(=O)(O)O)O2)c(=O)[nH]c1=O. The Morgan fingerprint density at radius 3 is 2.54 bits per heavy atom. The van der Waals surface area contributed by atoms with E-state index in [0.717, 1.165) is 23.6 Å². The van der Waals surface area contributed by atoms with Crippen LogP contribution in [-0.4, -0.2) is 78.7 Å². The normalized spacial score (nSPS) is 21.9. The van der Waals surface area contributed by atoms with E-state index in [0.29, 0.717) is 6.61 Å². The molecule has 1 aliphatic heterocycles. The Bertz CT molecular complexity index is 1380. The Morgan fingerprint density at radius 2 is 1.88 bits per heavy atom.